The Balaban J connectivity index is 2.83. The summed E-state index contributed by atoms with van der Waals surface area (Å²) in [7, 11) is 2.22. The molecule has 0 amide bonds. The number of rotatable bonds is 5. The lowest BCUT2D eigenvalue weighted by atomic mass is 9.71. The van der Waals surface area contributed by atoms with Gasteiger partial charge in [0, 0.05) is 23.1 Å². The molecule has 1 aromatic rings. The largest absolute Gasteiger partial charge is 0.468 e. The quantitative estimate of drug-likeness (QED) is 0.263. The number of hydrogen-bond donors (Lipinski definition) is 0. The molecule has 0 N–H and O–H groups in total. The van der Waals surface area contributed by atoms with Crippen LogP contribution in [0.25, 0.3) is 0 Å². The van der Waals surface area contributed by atoms with Crippen molar-refractivity contribution < 1.29 is 28.8 Å². The first-order valence-electron chi connectivity index (χ1n) is 7.40. The maximum atomic E-state index is 12.6. The van der Waals surface area contributed by atoms with E-state index >= 15 is 0 Å². The van der Waals surface area contributed by atoms with Gasteiger partial charge in [-0.05, 0) is 13.3 Å². The summed E-state index contributed by atoms with van der Waals surface area (Å²) in [6.07, 6.45) is 0.404. The molecule has 0 spiro atoms. The van der Waals surface area contributed by atoms with Crippen molar-refractivity contribution in [3.8, 4) is 0 Å². The number of allylic oxidation sites excluding steroid dienone is 2. The van der Waals surface area contributed by atoms with Crippen LogP contribution >= 0.6 is 0 Å². The normalized spacial score (nSPS) is 18.6. The molecule has 1 aliphatic carbocycles. The molecule has 0 heterocycles. The van der Waals surface area contributed by atoms with Crippen molar-refractivity contribution in [2.24, 2.45) is 5.41 Å². The molecule has 0 aliphatic heterocycles. The summed E-state index contributed by atoms with van der Waals surface area (Å²) in [6, 6.07) is 5.68. The van der Waals surface area contributed by atoms with Crippen LogP contribution < -0.4 is 0 Å². The fraction of sp³-hybridized carbons (Fsp3) is 0.353. The lowest BCUT2D eigenvalue weighted by molar-refractivity contribution is -0.385. The van der Waals surface area contributed by atoms with Gasteiger partial charge in [0.15, 0.2) is 5.41 Å². The van der Waals surface area contributed by atoms with Gasteiger partial charge in [0.1, 0.15) is 6.29 Å². The topological polar surface area (TPSA) is 113 Å². The van der Waals surface area contributed by atoms with Gasteiger partial charge in [0.25, 0.3) is 5.69 Å². The van der Waals surface area contributed by atoms with Gasteiger partial charge >= 0.3 is 11.9 Å². The zero-order valence-electron chi connectivity index (χ0n) is 14.0. The highest BCUT2D eigenvalue weighted by atomic mass is 16.6. The maximum Gasteiger partial charge on any atom is 0.324 e. The smallest absolute Gasteiger partial charge is 0.324 e. The van der Waals surface area contributed by atoms with Gasteiger partial charge in [-0.1, -0.05) is 23.8 Å². The molecule has 0 radical (unpaired) electrons. The van der Waals surface area contributed by atoms with Crippen LogP contribution in [0.5, 0.6) is 0 Å². The lowest BCUT2D eigenvalue weighted by Gasteiger charge is -2.31. The molecule has 132 valence electrons. The van der Waals surface area contributed by atoms with Crippen LogP contribution in [0.15, 0.2) is 35.4 Å². The summed E-state index contributed by atoms with van der Waals surface area (Å²) < 4.78 is 9.60. The summed E-state index contributed by atoms with van der Waals surface area (Å²) in [4.78, 5) is 47.6. The minimum atomic E-state index is -1.88. The molecule has 8 nitrogen and oxygen atoms in total. The Kier molecular flexibility index (Phi) is 5.01. The van der Waals surface area contributed by atoms with Gasteiger partial charge in [-0.25, -0.2) is 0 Å². The van der Waals surface area contributed by atoms with Crippen molar-refractivity contribution in [1.82, 2.24) is 0 Å². The molecule has 0 saturated carbocycles. The summed E-state index contributed by atoms with van der Waals surface area (Å²) in [5, 5.41) is 11.4. The van der Waals surface area contributed by atoms with E-state index in [0.717, 1.165) is 14.2 Å². The van der Waals surface area contributed by atoms with Crippen LogP contribution in [0.1, 0.15) is 24.8 Å². The Morgan fingerprint density at radius 3 is 2.28 bits per heavy atom. The van der Waals surface area contributed by atoms with E-state index in [2.05, 4.69) is 0 Å². The average Bonchev–Trinajstić information content (AvgIpc) is 2.93. The maximum absolute atomic E-state index is 12.6. The van der Waals surface area contributed by atoms with Gasteiger partial charge in [0.05, 0.1) is 19.1 Å². The van der Waals surface area contributed by atoms with Crippen LogP contribution in [0, 0.1) is 15.5 Å². The Bertz CT molecular complexity index is 765. The Morgan fingerprint density at radius 2 is 1.80 bits per heavy atom. The number of carbonyl (C=O) groups excluding carboxylic acids is 3. The SMILES string of the molecule is COC(=O)C1(C(=O)OC)CC(C)=C(C=O)[C@@H]1c1ccccc1[N+](=O)[O-]. The molecule has 0 fully saturated rings. The number of methoxy groups -OCH3 is 2. The minimum Gasteiger partial charge on any atom is -0.468 e. The van der Waals surface area contributed by atoms with E-state index in [1.165, 1.54) is 24.3 Å². The highest BCUT2D eigenvalue weighted by molar-refractivity contribution is 6.05. The van der Waals surface area contributed by atoms with E-state index in [1.54, 1.807) is 6.92 Å². The van der Waals surface area contributed by atoms with Crippen molar-refractivity contribution in [1.29, 1.82) is 0 Å². The number of aldehydes is 1. The van der Waals surface area contributed by atoms with Gasteiger partial charge < -0.3 is 9.47 Å². The number of nitro groups is 1. The number of benzene rings is 1. The number of nitrogens with zero attached hydrogens (tertiary/aromatic N) is 1. The molecule has 0 saturated heterocycles. The second-order valence-electron chi connectivity index (χ2n) is 5.73. The molecule has 1 aromatic carbocycles. The second kappa shape index (κ2) is 6.84. The average molecular weight is 347 g/mol. The van der Waals surface area contributed by atoms with Gasteiger partial charge in [-0.15, -0.1) is 0 Å². The first-order valence-corrected chi connectivity index (χ1v) is 7.40. The van der Waals surface area contributed by atoms with Crippen LogP contribution in [-0.2, 0) is 23.9 Å². The summed E-state index contributed by atoms with van der Waals surface area (Å²) >= 11 is 0. The van der Waals surface area contributed by atoms with Crippen molar-refractivity contribution in [2.45, 2.75) is 19.3 Å². The zero-order valence-corrected chi connectivity index (χ0v) is 14.0. The van der Waals surface area contributed by atoms with E-state index < -0.39 is 28.2 Å². The number of nitro benzene ring substituents is 1. The molecular weight excluding hydrogens is 330 g/mol. The highest BCUT2D eigenvalue weighted by Crippen LogP contribution is 2.55. The molecule has 1 aliphatic rings. The second-order valence-corrected chi connectivity index (χ2v) is 5.73. The summed E-state index contributed by atoms with van der Waals surface area (Å²) in [5.74, 6) is -2.97. The predicted molar refractivity (Wildman–Crippen MR) is 85.7 cm³/mol. The fourth-order valence-electron chi connectivity index (χ4n) is 3.46. The Morgan fingerprint density at radius 1 is 1.24 bits per heavy atom. The monoisotopic (exact) mass is 347 g/mol. The third kappa shape index (κ3) is 2.69. The van der Waals surface area contributed by atoms with Crippen molar-refractivity contribution >= 4 is 23.9 Å². The van der Waals surface area contributed by atoms with E-state index in [9.17, 15) is 24.5 Å². The number of ether oxygens (including phenoxy) is 2. The fourth-order valence-corrected chi connectivity index (χ4v) is 3.46. The molecule has 2 rings (SSSR count). The first-order chi connectivity index (χ1) is 11.8. The Labute approximate surface area is 143 Å². The molecule has 8 heteroatoms. The lowest BCUT2D eigenvalue weighted by Crippen LogP contribution is -2.44. The van der Waals surface area contributed by atoms with Crippen molar-refractivity contribution in [2.75, 3.05) is 14.2 Å². The van der Waals surface area contributed by atoms with Gasteiger partial charge in [-0.2, -0.15) is 0 Å². The van der Waals surface area contributed by atoms with E-state index in [0.29, 0.717) is 11.9 Å². The van der Waals surface area contributed by atoms with Crippen LogP contribution in [-0.4, -0.2) is 37.4 Å². The van der Waals surface area contributed by atoms with Gasteiger partial charge in [0.2, 0.25) is 0 Å². The number of hydrogen-bond acceptors (Lipinski definition) is 7. The van der Waals surface area contributed by atoms with E-state index in [1.807, 2.05) is 0 Å². The van der Waals surface area contributed by atoms with Crippen molar-refractivity contribution in [3.63, 3.8) is 0 Å². The third-order valence-electron chi connectivity index (χ3n) is 4.51. The summed E-state index contributed by atoms with van der Waals surface area (Å²) in [5.41, 5.74) is -1.46. The molecule has 25 heavy (non-hydrogen) atoms. The highest BCUT2D eigenvalue weighted by Gasteiger charge is 2.61. The standard InChI is InChI=1S/C17H17NO7/c1-10-8-17(15(20)24-2,16(21)25-3)14(12(10)9-19)11-6-4-5-7-13(11)18(22)23/h4-7,9,14H,8H2,1-3H3/t14-/m0/s1. The zero-order chi connectivity index (χ0) is 18.8. The number of esters is 2. The number of carbonyl (C=O) groups is 3. The van der Waals surface area contributed by atoms with Crippen LogP contribution in [0.2, 0.25) is 0 Å². The van der Waals surface area contributed by atoms with Crippen LogP contribution in [0.3, 0.4) is 0 Å². The summed E-state index contributed by atoms with van der Waals surface area (Å²) in [6.45, 7) is 1.60. The van der Waals surface area contributed by atoms with Crippen molar-refractivity contribution in [3.05, 3.63) is 51.1 Å². The molecule has 0 bridgehead atoms. The Hall–Kier alpha value is -3.03. The molecule has 0 unspecified atom stereocenters. The molecule has 0 aromatic heterocycles. The third-order valence-corrected chi connectivity index (χ3v) is 4.51. The molecular formula is C17H17NO7. The van der Waals surface area contributed by atoms with E-state index in [-0.39, 0.29) is 23.2 Å². The first kappa shape index (κ1) is 18.3. The van der Waals surface area contributed by atoms with Crippen LogP contribution in [0.4, 0.5) is 5.69 Å². The van der Waals surface area contributed by atoms with Gasteiger partial charge in [-0.3, -0.25) is 24.5 Å². The van der Waals surface area contributed by atoms with E-state index in [4.69, 9.17) is 9.47 Å². The predicted octanol–water partition coefficient (Wildman–Crippen LogP) is 1.93. The molecule has 1 atom stereocenters. The minimum absolute atomic E-state index is 0.0854. The number of para-hydroxylation sites is 1.